The van der Waals surface area contributed by atoms with Gasteiger partial charge >= 0.3 is 6.03 Å². The fourth-order valence-electron chi connectivity index (χ4n) is 3.23. The minimum absolute atomic E-state index is 0.271. The molecule has 0 aromatic carbocycles. The topological polar surface area (TPSA) is 58.4 Å². The third kappa shape index (κ3) is 3.35. The number of hydrogen-bond donors (Lipinski definition) is 2. The van der Waals surface area contributed by atoms with Crippen molar-refractivity contribution in [3.63, 3.8) is 0 Å². The molecule has 1 aliphatic carbocycles. The van der Waals surface area contributed by atoms with Gasteiger partial charge in [0.15, 0.2) is 0 Å². The maximum atomic E-state index is 11.0. The Morgan fingerprint density at radius 1 is 1.24 bits per heavy atom. The summed E-state index contributed by atoms with van der Waals surface area (Å²) in [6.07, 6.45) is 7.65. The van der Waals surface area contributed by atoms with Crippen LogP contribution in [0.15, 0.2) is 0 Å². The number of nitrogens with one attached hydrogen (secondary N) is 1. The van der Waals surface area contributed by atoms with Gasteiger partial charge in [-0.1, -0.05) is 12.8 Å². The summed E-state index contributed by atoms with van der Waals surface area (Å²) in [6.45, 7) is 3.94. The molecule has 0 spiro atoms. The molecule has 0 aromatic heterocycles. The van der Waals surface area contributed by atoms with Crippen LogP contribution in [0, 0.1) is 5.92 Å². The van der Waals surface area contributed by atoms with E-state index < -0.39 is 0 Å². The van der Waals surface area contributed by atoms with Crippen LogP contribution in [0.2, 0.25) is 0 Å². The van der Waals surface area contributed by atoms with Gasteiger partial charge in [0.2, 0.25) is 0 Å². The van der Waals surface area contributed by atoms with E-state index in [1.807, 2.05) is 0 Å². The van der Waals surface area contributed by atoms with Crippen LogP contribution in [0.25, 0.3) is 0 Å². The molecular formula is C13H25N3O. The Morgan fingerprint density at radius 2 is 1.82 bits per heavy atom. The van der Waals surface area contributed by atoms with Crippen LogP contribution >= 0.6 is 0 Å². The van der Waals surface area contributed by atoms with E-state index in [2.05, 4.69) is 12.2 Å². The molecule has 1 saturated heterocycles. The number of rotatable bonds is 3. The van der Waals surface area contributed by atoms with E-state index in [1.54, 1.807) is 4.90 Å². The van der Waals surface area contributed by atoms with Crippen LogP contribution in [-0.4, -0.2) is 36.1 Å². The third-order valence-electron chi connectivity index (χ3n) is 4.41. The van der Waals surface area contributed by atoms with Crippen molar-refractivity contribution >= 4 is 6.03 Å². The molecule has 1 saturated carbocycles. The monoisotopic (exact) mass is 239 g/mol. The Kier molecular flexibility index (Phi) is 4.26. The van der Waals surface area contributed by atoms with E-state index >= 15 is 0 Å². The number of hydrogen-bond acceptors (Lipinski definition) is 2. The van der Waals surface area contributed by atoms with Crippen molar-refractivity contribution in [1.29, 1.82) is 0 Å². The van der Waals surface area contributed by atoms with Crippen molar-refractivity contribution in [3.05, 3.63) is 0 Å². The standard InChI is InChI=1S/C13H25N3O/c1-10(11-4-2-3-5-11)15-12-6-8-16(9-7-12)13(14)17/h10-12,15H,2-9H2,1H3,(H2,14,17)/t10-/m1/s1. The summed E-state index contributed by atoms with van der Waals surface area (Å²) in [4.78, 5) is 12.8. The zero-order chi connectivity index (χ0) is 12.3. The van der Waals surface area contributed by atoms with Gasteiger partial charge in [-0.25, -0.2) is 4.79 Å². The lowest BCUT2D eigenvalue weighted by Crippen LogP contribution is -2.49. The number of carbonyl (C=O) groups excluding carboxylic acids is 1. The number of primary amides is 1. The largest absolute Gasteiger partial charge is 0.351 e. The van der Waals surface area contributed by atoms with E-state index in [-0.39, 0.29) is 6.03 Å². The molecule has 2 fully saturated rings. The maximum absolute atomic E-state index is 11.0. The Morgan fingerprint density at radius 3 is 2.35 bits per heavy atom. The van der Waals surface area contributed by atoms with Crippen LogP contribution in [0.5, 0.6) is 0 Å². The number of nitrogens with two attached hydrogens (primary N) is 1. The fourth-order valence-corrected chi connectivity index (χ4v) is 3.23. The molecule has 1 atom stereocenters. The molecule has 0 bridgehead atoms. The quantitative estimate of drug-likeness (QED) is 0.787. The minimum Gasteiger partial charge on any atom is -0.351 e. The zero-order valence-corrected chi connectivity index (χ0v) is 10.8. The van der Waals surface area contributed by atoms with Gasteiger partial charge in [-0.2, -0.15) is 0 Å². The zero-order valence-electron chi connectivity index (χ0n) is 10.8. The molecule has 4 heteroatoms. The first kappa shape index (κ1) is 12.7. The Hall–Kier alpha value is -0.770. The number of likely N-dealkylation sites (tertiary alicyclic amines) is 1. The first-order valence-corrected chi connectivity index (χ1v) is 6.97. The second-order valence-electron chi connectivity index (χ2n) is 5.60. The molecule has 0 unspecified atom stereocenters. The summed E-state index contributed by atoms with van der Waals surface area (Å²) in [5.74, 6) is 0.865. The second-order valence-corrected chi connectivity index (χ2v) is 5.60. The van der Waals surface area contributed by atoms with Crippen LogP contribution < -0.4 is 11.1 Å². The Bertz CT molecular complexity index is 255. The highest BCUT2D eigenvalue weighted by Gasteiger charge is 2.26. The van der Waals surface area contributed by atoms with Crippen molar-refractivity contribution in [3.8, 4) is 0 Å². The normalized spacial score (nSPS) is 25.1. The molecule has 1 heterocycles. The number of piperidine rings is 1. The summed E-state index contributed by atoms with van der Waals surface area (Å²) in [5.41, 5.74) is 5.28. The van der Waals surface area contributed by atoms with Crippen LogP contribution in [0.3, 0.4) is 0 Å². The summed E-state index contributed by atoms with van der Waals surface area (Å²) >= 11 is 0. The first-order chi connectivity index (χ1) is 8.16. The fraction of sp³-hybridized carbons (Fsp3) is 0.923. The van der Waals surface area contributed by atoms with Gasteiger partial charge in [0, 0.05) is 25.2 Å². The van der Waals surface area contributed by atoms with Gasteiger partial charge in [0.25, 0.3) is 0 Å². The Balaban J connectivity index is 1.72. The molecule has 17 heavy (non-hydrogen) atoms. The van der Waals surface area contributed by atoms with Crippen molar-refractivity contribution < 1.29 is 4.79 Å². The van der Waals surface area contributed by atoms with E-state index in [4.69, 9.17) is 5.73 Å². The lowest BCUT2D eigenvalue weighted by atomic mass is 9.96. The molecular weight excluding hydrogens is 214 g/mol. The molecule has 3 N–H and O–H groups in total. The number of amides is 2. The van der Waals surface area contributed by atoms with E-state index in [9.17, 15) is 4.79 Å². The maximum Gasteiger partial charge on any atom is 0.314 e. The van der Waals surface area contributed by atoms with Gasteiger partial charge in [-0.3, -0.25) is 0 Å². The van der Waals surface area contributed by atoms with Crippen molar-refractivity contribution in [2.75, 3.05) is 13.1 Å². The average molecular weight is 239 g/mol. The van der Waals surface area contributed by atoms with Gasteiger partial charge in [0.1, 0.15) is 0 Å². The molecule has 1 aliphatic heterocycles. The summed E-state index contributed by atoms with van der Waals surface area (Å²) < 4.78 is 0. The highest BCUT2D eigenvalue weighted by molar-refractivity contribution is 5.72. The SMILES string of the molecule is C[C@@H](NC1CCN(C(N)=O)CC1)C1CCCC1. The third-order valence-corrected chi connectivity index (χ3v) is 4.41. The second kappa shape index (κ2) is 5.71. The average Bonchev–Trinajstić information content (AvgIpc) is 2.83. The molecule has 4 nitrogen and oxygen atoms in total. The predicted molar refractivity (Wildman–Crippen MR) is 68.7 cm³/mol. The van der Waals surface area contributed by atoms with Gasteiger partial charge < -0.3 is 16.0 Å². The lowest BCUT2D eigenvalue weighted by molar-refractivity contribution is 0.179. The van der Waals surface area contributed by atoms with Gasteiger partial charge in [-0.15, -0.1) is 0 Å². The number of carbonyl (C=O) groups is 1. The van der Waals surface area contributed by atoms with Crippen LogP contribution in [-0.2, 0) is 0 Å². The van der Waals surface area contributed by atoms with E-state index in [0.29, 0.717) is 12.1 Å². The van der Waals surface area contributed by atoms with E-state index in [1.165, 1.54) is 25.7 Å². The lowest BCUT2D eigenvalue weighted by Gasteiger charge is -2.34. The van der Waals surface area contributed by atoms with Gasteiger partial charge in [0.05, 0.1) is 0 Å². The molecule has 0 aromatic rings. The van der Waals surface area contributed by atoms with Crippen LogP contribution in [0.4, 0.5) is 4.79 Å². The first-order valence-electron chi connectivity index (χ1n) is 6.97. The summed E-state index contributed by atoms with van der Waals surface area (Å²) in [5, 5.41) is 3.74. The highest BCUT2D eigenvalue weighted by Crippen LogP contribution is 2.28. The van der Waals surface area contributed by atoms with Crippen molar-refractivity contribution in [1.82, 2.24) is 10.2 Å². The van der Waals surface area contributed by atoms with E-state index in [0.717, 1.165) is 31.8 Å². The summed E-state index contributed by atoms with van der Waals surface area (Å²) in [7, 11) is 0. The number of urea groups is 1. The van der Waals surface area contributed by atoms with Crippen LogP contribution in [0.1, 0.15) is 45.4 Å². The smallest absolute Gasteiger partial charge is 0.314 e. The highest BCUT2D eigenvalue weighted by atomic mass is 16.2. The van der Waals surface area contributed by atoms with Crippen molar-refractivity contribution in [2.24, 2.45) is 11.7 Å². The molecule has 2 amide bonds. The minimum atomic E-state index is -0.271. The summed E-state index contributed by atoms with van der Waals surface area (Å²) in [6, 6.07) is 0.927. The van der Waals surface area contributed by atoms with Crippen molar-refractivity contribution in [2.45, 2.75) is 57.5 Å². The Labute approximate surface area is 104 Å². The predicted octanol–water partition coefficient (Wildman–Crippen LogP) is 1.70. The van der Waals surface area contributed by atoms with Gasteiger partial charge in [-0.05, 0) is 38.5 Å². The molecule has 2 aliphatic rings. The molecule has 2 rings (SSSR count). The number of nitrogens with zero attached hydrogens (tertiary/aromatic N) is 1. The molecule has 0 radical (unpaired) electrons. The molecule has 98 valence electrons.